The molecule has 3 aromatic carbocycles. The van der Waals surface area contributed by atoms with Crippen molar-refractivity contribution in [2.75, 3.05) is 6.16 Å². The monoisotopic (exact) mass is 470 g/mol. The topological polar surface area (TPSA) is 26.3 Å². The number of esters is 1. The van der Waals surface area contributed by atoms with Gasteiger partial charge >= 0.3 is 182 Å². The maximum atomic E-state index is 12.7. The predicted octanol–water partition coefficient (Wildman–Crippen LogP) is 5.56. The zero-order valence-electron chi connectivity index (χ0n) is 17.2. The number of hydrogen-bond donors (Lipinski definition) is 0. The van der Waals surface area contributed by atoms with Gasteiger partial charge in [-0.1, -0.05) is 0 Å². The van der Waals surface area contributed by atoms with Crippen LogP contribution in [-0.2, 0) is 9.53 Å². The van der Waals surface area contributed by atoms with Crippen molar-refractivity contribution in [3.63, 3.8) is 0 Å². The molecule has 2 nitrogen and oxygen atoms in total. The third-order valence-corrected chi connectivity index (χ3v) is 15.0. The van der Waals surface area contributed by atoms with Crippen LogP contribution in [0.3, 0.4) is 0 Å². The van der Waals surface area contributed by atoms with E-state index in [1.165, 1.54) is 15.9 Å². The zero-order valence-corrected chi connectivity index (χ0v) is 19.7. The van der Waals surface area contributed by atoms with E-state index in [0.717, 1.165) is 0 Å². The molecule has 29 heavy (non-hydrogen) atoms. The molecule has 0 saturated heterocycles. The molecule has 0 aromatic heterocycles. The maximum absolute atomic E-state index is 12.7. The molecule has 0 heterocycles. The molecule has 3 aromatic rings. The Kier molecular flexibility index (Phi) is 6.31. The number of benzene rings is 3. The van der Waals surface area contributed by atoms with Crippen LogP contribution < -0.4 is 15.9 Å². The molecule has 152 valence electrons. The first-order valence-electron chi connectivity index (χ1n) is 9.85. The standard InChI is InChI=1S/C25H28BrO2P/c1-25(2,3)28-24(27)19-20-29(26,21-13-7-4-8-14-21,22-15-9-5-10-16-22)23-17-11-6-12-18-23/h4-18H,19-20H2,1-3H3. The van der Waals surface area contributed by atoms with Gasteiger partial charge in [-0.25, -0.2) is 0 Å². The number of rotatable bonds is 6. The van der Waals surface area contributed by atoms with Crippen LogP contribution in [0.1, 0.15) is 27.2 Å². The Morgan fingerprint density at radius 1 is 0.759 bits per heavy atom. The molecule has 0 radical (unpaired) electrons. The Labute approximate surface area is 182 Å². The van der Waals surface area contributed by atoms with Gasteiger partial charge in [-0.05, 0) is 0 Å². The van der Waals surface area contributed by atoms with Crippen molar-refractivity contribution in [1.29, 1.82) is 0 Å². The molecule has 0 aliphatic rings. The average molecular weight is 471 g/mol. The second-order valence-electron chi connectivity index (χ2n) is 8.25. The molecule has 0 saturated carbocycles. The van der Waals surface area contributed by atoms with E-state index < -0.39 is 10.9 Å². The van der Waals surface area contributed by atoms with Gasteiger partial charge in [0.05, 0.1) is 0 Å². The Hall–Kier alpha value is -1.96. The minimum absolute atomic E-state index is 0.172. The molecular weight excluding hydrogens is 443 g/mol. The first-order chi connectivity index (χ1) is 13.7. The molecule has 0 amide bonds. The number of carbonyl (C=O) groups is 1. The molecule has 0 unspecified atom stereocenters. The Morgan fingerprint density at radius 2 is 1.10 bits per heavy atom. The van der Waals surface area contributed by atoms with E-state index in [9.17, 15) is 4.79 Å². The first-order valence-corrected chi connectivity index (χ1v) is 14.3. The molecule has 0 spiro atoms. The summed E-state index contributed by atoms with van der Waals surface area (Å²) in [5.41, 5.74) is -0.494. The Morgan fingerprint density at radius 3 is 1.41 bits per heavy atom. The Balaban J connectivity index is 2.20. The van der Waals surface area contributed by atoms with Crippen molar-refractivity contribution in [2.45, 2.75) is 32.8 Å². The van der Waals surface area contributed by atoms with Crippen molar-refractivity contribution in [1.82, 2.24) is 0 Å². The van der Waals surface area contributed by atoms with E-state index in [1.54, 1.807) is 0 Å². The second kappa shape index (κ2) is 8.42. The summed E-state index contributed by atoms with van der Waals surface area (Å²) in [7, 11) is 0. The summed E-state index contributed by atoms with van der Waals surface area (Å²) in [6.45, 7) is 5.72. The van der Waals surface area contributed by atoms with Gasteiger partial charge < -0.3 is 0 Å². The van der Waals surface area contributed by atoms with E-state index in [-0.39, 0.29) is 5.97 Å². The molecule has 3 rings (SSSR count). The number of carbonyl (C=O) groups excluding carboxylic acids is 1. The van der Waals surface area contributed by atoms with Crippen LogP contribution in [0, 0.1) is 0 Å². The molecule has 0 N–H and O–H groups in total. The Bertz CT molecular complexity index is 851. The van der Waals surface area contributed by atoms with Crippen LogP contribution in [0.2, 0.25) is 0 Å². The fraction of sp³-hybridized carbons (Fsp3) is 0.240. The first kappa shape index (κ1) is 21.7. The average Bonchev–Trinajstić information content (AvgIpc) is 2.73. The molecular formula is C25H28BrO2P. The van der Waals surface area contributed by atoms with Crippen molar-refractivity contribution < 1.29 is 9.53 Å². The predicted molar refractivity (Wildman–Crippen MR) is 129 cm³/mol. The summed E-state index contributed by atoms with van der Waals surface area (Å²) in [4.78, 5) is 12.7. The van der Waals surface area contributed by atoms with Gasteiger partial charge in [0.15, 0.2) is 0 Å². The summed E-state index contributed by atoms with van der Waals surface area (Å²) in [5.74, 6) is -0.172. The zero-order chi connectivity index (χ0) is 21.0. The van der Waals surface area contributed by atoms with Gasteiger partial charge in [0, 0.05) is 0 Å². The van der Waals surface area contributed by atoms with Gasteiger partial charge in [-0.3, -0.25) is 0 Å². The summed E-state index contributed by atoms with van der Waals surface area (Å²) < 4.78 is 5.65. The van der Waals surface area contributed by atoms with Crippen LogP contribution in [-0.4, -0.2) is 17.7 Å². The molecule has 0 fully saturated rings. The number of hydrogen-bond acceptors (Lipinski definition) is 2. The third-order valence-electron chi connectivity index (χ3n) is 5.04. The summed E-state index contributed by atoms with van der Waals surface area (Å²) >= 11 is 4.35. The SMILES string of the molecule is CC(C)(C)OC(=O)CCP(Br)(c1ccccc1)(c1ccccc1)c1ccccc1. The fourth-order valence-electron chi connectivity index (χ4n) is 3.74. The van der Waals surface area contributed by atoms with E-state index in [0.29, 0.717) is 12.6 Å². The van der Waals surface area contributed by atoms with Gasteiger partial charge in [0.1, 0.15) is 0 Å². The van der Waals surface area contributed by atoms with E-state index in [1.807, 2.05) is 39.0 Å². The fourth-order valence-corrected chi connectivity index (χ4v) is 11.1. The molecule has 4 heteroatoms. The van der Waals surface area contributed by atoms with Crippen LogP contribution in [0.5, 0.6) is 0 Å². The van der Waals surface area contributed by atoms with Crippen LogP contribution in [0.15, 0.2) is 91.0 Å². The number of ether oxygens (including phenoxy) is 1. The summed E-state index contributed by atoms with van der Waals surface area (Å²) in [6, 6.07) is 31.5. The van der Waals surface area contributed by atoms with Crippen LogP contribution in [0.4, 0.5) is 0 Å². The summed E-state index contributed by atoms with van der Waals surface area (Å²) in [6.07, 6.45) is 0.984. The van der Waals surface area contributed by atoms with E-state index in [4.69, 9.17) is 4.74 Å². The van der Waals surface area contributed by atoms with E-state index >= 15 is 0 Å². The molecule has 0 aliphatic heterocycles. The third kappa shape index (κ3) is 4.47. The van der Waals surface area contributed by atoms with Crippen molar-refractivity contribution in [3.05, 3.63) is 91.0 Å². The van der Waals surface area contributed by atoms with Crippen LogP contribution in [0.25, 0.3) is 0 Å². The second-order valence-corrected chi connectivity index (χ2v) is 17.3. The van der Waals surface area contributed by atoms with Crippen molar-refractivity contribution in [2.24, 2.45) is 0 Å². The van der Waals surface area contributed by atoms with E-state index in [2.05, 4.69) is 88.3 Å². The van der Waals surface area contributed by atoms with Crippen molar-refractivity contribution >= 4 is 42.7 Å². The van der Waals surface area contributed by atoms with Gasteiger partial charge in [-0.2, -0.15) is 0 Å². The van der Waals surface area contributed by atoms with Crippen molar-refractivity contribution in [3.8, 4) is 0 Å². The van der Waals surface area contributed by atoms with Crippen LogP contribution >= 0.6 is 20.8 Å². The van der Waals surface area contributed by atoms with Gasteiger partial charge in [0.2, 0.25) is 0 Å². The molecule has 0 aliphatic carbocycles. The normalized spacial score (nSPS) is 13.3. The quantitative estimate of drug-likeness (QED) is 0.348. The molecule has 0 bridgehead atoms. The van der Waals surface area contributed by atoms with Gasteiger partial charge in [-0.15, -0.1) is 0 Å². The molecule has 0 atom stereocenters. The number of halogens is 1. The minimum atomic E-state index is -3.06. The van der Waals surface area contributed by atoms with Gasteiger partial charge in [0.25, 0.3) is 0 Å². The summed E-state index contributed by atoms with van der Waals surface area (Å²) in [5, 5.41) is 0.559.